The standard InChI is InChI=1S/C40H77F2O7P/c1-3-5-7-9-11-13-15-17-19-21-23-25-27-29-31-33-38(43)48-36-37(35-40(41,42)50(45,46)47)49-39(44)34-32-30-28-26-24-22-20-18-16-14-12-10-8-6-4-2/h37H,3-36H2,1-2H3,(H2,45,46,47)/t37-/m0/s1. The van der Waals surface area contributed by atoms with Crippen molar-refractivity contribution in [3.8, 4) is 0 Å². The monoisotopic (exact) mass is 739 g/mol. The maximum atomic E-state index is 14.2. The lowest BCUT2D eigenvalue weighted by molar-refractivity contribution is -0.162. The first-order valence-corrected chi connectivity index (χ1v) is 22.4. The number of esters is 2. The van der Waals surface area contributed by atoms with Crippen molar-refractivity contribution >= 4 is 19.5 Å². The van der Waals surface area contributed by atoms with Gasteiger partial charge in [-0.05, 0) is 12.8 Å². The van der Waals surface area contributed by atoms with Crippen LogP contribution in [0.25, 0.3) is 0 Å². The van der Waals surface area contributed by atoms with Crippen LogP contribution in [0.4, 0.5) is 8.78 Å². The van der Waals surface area contributed by atoms with Gasteiger partial charge in [0.25, 0.3) is 0 Å². The van der Waals surface area contributed by atoms with Gasteiger partial charge in [0.1, 0.15) is 12.7 Å². The molecule has 0 aliphatic rings. The highest BCUT2D eigenvalue weighted by Gasteiger charge is 2.51. The zero-order valence-corrected chi connectivity index (χ0v) is 33.2. The number of halogens is 2. The number of hydrogen-bond donors (Lipinski definition) is 2. The van der Waals surface area contributed by atoms with E-state index in [4.69, 9.17) is 19.3 Å². The average molecular weight is 739 g/mol. The summed E-state index contributed by atoms with van der Waals surface area (Å²) in [6.07, 6.45) is 32.7. The van der Waals surface area contributed by atoms with Crippen LogP contribution in [0.5, 0.6) is 0 Å². The third kappa shape index (κ3) is 31.7. The second-order valence-electron chi connectivity index (χ2n) is 14.6. The van der Waals surface area contributed by atoms with Crippen LogP contribution >= 0.6 is 7.60 Å². The Morgan fingerprint density at radius 3 is 1.10 bits per heavy atom. The summed E-state index contributed by atoms with van der Waals surface area (Å²) in [5.74, 6) is -1.33. The fraction of sp³-hybridized carbons (Fsp3) is 0.950. The number of alkyl halides is 2. The van der Waals surface area contributed by atoms with Gasteiger partial charge in [0, 0.05) is 12.8 Å². The Morgan fingerprint density at radius 1 is 0.520 bits per heavy atom. The van der Waals surface area contributed by atoms with Crippen LogP contribution in [-0.4, -0.2) is 40.1 Å². The summed E-state index contributed by atoms with van der Waals surface area (Å²) in [5, 5.41) is 0. The molecule has 50 heavy (non-hydrogen) atoms. The van der Waals surface area contributed by atoms with Crippen molar-refractivity contribution in [2.24, 2.45) is 0 Å². The molecule has 0 unspecified atom stereocenters. The van der Waals surface area contributed by atoms with Gasteiger partial charge < -0.3 is 19.3 Å². The number of rotatable bonds is 38. The summed E-state index contributed by atoms with van der Waals surface area (Å²) in [4.78, 5) is 42.8. The normalized spacial score (nSPS) is 12.7. The van der Waals surface area contributed by atoms with Gasteiger partial charge in [-0.15, -0.1) is 0 Å². The molecule has 7 nitrogen and oxygen atoms in total. The van der Waals surface area contributed by atoms with Crippen LogP contribution in [0.15, 0.2) is 0 Å². The molecule has 0 aromatic heterocycles. The van der Waals surface area contributed by atoms with Crippen molar-refractivity contribution < 1.29 is 42.2 Å². The summed E-state index contributed by atoms with van der Waals surface area (Å²) in [6, 6.07) is 0. The number of unbranched alkanes of at least 4 members (excludes halogenated alkanes) is 28. The number of carbonyl (C=O) groups is 2. The fourth-order valence-electron chi connectivity index (χ4n) is 6.31. The molecule has 0 aliphatic carbocycles. The van der Waals surface area contributed by atoms with E-state index in [1.807, 2.05) is 0 Å². The topological polar surface area (TPSA) is 110 Å². The lowest BCUT2D eigenvalue weighted by Gasteiger charge is -2.24. The van der Waals surface area contributed by atoms with Crippen LogP contribution in [-0.2, 0) is 23.6 Å². The highest BCUT2D eigenvalue weighted by Crippen LogP contribution is 2.55. The molecule has 1 atom stereocenters. The minimum absolute atomic E-state index is 0.0172. The minimum atomic E-state index is -5.78. The molecule has 0 aromatic carbocycles. The van der Waals surface area contributed by atoms with Gasteiger partial charge in [0.05, 0.1) is 6.42 Å². The van der Waals surface area contributed by atoms with Gasteiger partial charge in [-0.1, -0.05) is 194 Å². The SMILES string of the molecule is CCCCCCCCCCCCCCCCCC(=O)OC[C@H](CC(F)(F)P(=O)(O)O)OC(=O)CCCCCCCCCCCCCCCCC. The van der Waals surface area contributed by atoms with Crippen LogP contribution in [0.2, 0.25) is 0 Å². The third-order valence-electron chi connectivity index (χ3n) is 9.60. The molecule has 2 N–H and O–H groups in total. The molecule has 0 saturated carbocycles. The van der Waals surface area contributed by atoms with Gasteiger partial charge in [0.15, 0.2) is 0 Å². The number of ether oxygens (including phenoxy) is 2. The van der Waals surface area contributed by atoms with Crippen molar-refractivity contribution in [2.75, 3.05) is 6.61 Å². The van der Waals surface area contributed by atoms with Crippen molar-refractivity contribution in [2.45, 2.75) is 238 Å². The smallest absolute Gasteiger partial charge is 0.394 e. The van der Waals surface area contributed by atoms with Gasteiger partial charge in [-0.3, -0.25) is 14.2 Å². The van der Waals surface area contributed by atoms with E-state index in [-0.39, 0.29) is 12.8 Å². The third-order valence-corrected chi connectivity index (χ3v) is 10.6. The number of carbonyl (C=O) groups excluding carboxylic acids is 2. The Hall–Kier alpha value is -1.05. The Kier molecular flexibility index (Phi) is 33.1. The summed E-state index contributed by atoms with van der Waals surface area (Å²) in [7, 11) is -5.78. The largest absolute Gasteiger partial charge is 0.462 e. The van der Waals surface area contributed by atoms with Gasteiger partial charge in [-0.25, -0.2) is 0 Å². The first-order chi connectivity index (χ1) is 24.0. The lowest BCUT2D eigenvalue weighted by atomic mass is 10.0. The Balaban J connectivity index is 4.11. The van der Waals surface area contributed by atoms with Crippen molar-refractivity contribution in [1.29, 1.82) is 0 Å². The van der Waals surface area contributed by atoms with E-state index in [1.54, 1.807) is 0 Å². The van der Waals surface area contributed by atoms with Gasteiger partial charge in [-0.2, -0.15) is 8.78 Å². The Bertz CT molecular complexity index is 837. The van der Waals surface area contributed by atoms with Gasteiger partial charge >= 0.3 is 25.2 Å². The second-order valence-corrected chi connectivity index (χ2v) is 16.4. The molecule has 0 rings (SSSR count). The fourth-order valence-corrected chi connectivity index (χ4v) is 6.75. The van der Waals surface area contributed by atoms with Crippen LogP contribution in [0.3, 0.4) is 0 Å². The molecule has 0 radical (unpaired) electrons. The van der Waals surface area contributed by atoms with E-state index in [1.165, 1.54) is 135 Å². The molecule has 0 fully saturated rings. The lowest BCUT2D eigenvalue weighted by Crippen LogP contribution is -2.32. The van der Waals surface area contributed by atoms with Crippen LogP contribution in [0.1, 0.15) is 226 Å². The molecule has 298 valence electrons. The van der Waals surface area contributed by atoms with E-state index < -0.39 is 44.3 Å². The first kappa shape index (κ1) is 49.0. The van der Waals surface area contributed by atoms with E-state index in [2.05, 4.69) is 13.8 Å². The predicted octanol–water partition coefficient (Wildman–Crippen LogP) is 13.1. The zero-order chi connectivity index (χ0) is 37.2. The Morgan fingerprint density at radius 2 is 0.800 bits per heavy atom. The molecule has 0 spiro atoms. The molecule has 0 heterocycles. The van der Waals surface area contributed by atoms with Gasteiger partial charge in [0.2, 0.25) is 0 Å². The van der Waals surface area contributed by atoms with Crippen molar-refractivity contribution in [3.63, 3.8) is 0 Å². The van der Waals surface area contributed by atoms with Crippen LogP contribution in [0, 0.1) is 0 Å². The minimum Gasteiger partial charge on any atom is -0.462 e. The summed E-state index contributed by atoms with van der Waals surface area (Å²) < 4.78 is 49.9. The maximum absolute atomic E-state index is 14.2. The second kappa shape index (κ2) is 33.8. The predicted molar refractivity (Wildman–Crippen MR) is 202 cm³/mol. The first-order valence-electron chi connectivity index (χ1n) is 20.8. The molecule has 0 amide bonds. The van der Waals surface area contributed by atoms with Crippen molar-refractivity contribution in [1.82, 2.24) is 0 Å². The van der Waals surface area contributed by atoms with Crippen molar-refractivity contribution in [3.05, 3.63) is 0 Å². The van der Waals surface area contributed by atoms with E-state index in [9.17, 15) is 22.9 Å². The highest BCUT2D eigenvalue weighted by molar-refractivity contribution is 7.53. The molecule has 0 aliphatic heterocycles. The van der Waals surface area contributed by atoms with E-state index in [0.29, 0.717) is 12.8 Å². The Labute approximate surface area is 305 Å². The van der Waals surface area contributed by atoms with Crippen LogP contribution < -0.4 is 0 Å². The van der Waals surface area contributed by atoms with E-state index >= 15 is 0 Å². The molecule has 10 heteroatoms. The molecule has 0 saturated heterocycles. The molecule has 0 bridgehead atoms. The highest BCUT2D eigenvalue weighted by atomic mass is 31.2. The zero-order valence-electron chi connectivity index (χ0n) is 32.3. The summed E-state index contributed by atoms with van der Waals surface area (Å²) in [6.45, 7) is 3.82. The van der Waals surface area contributed by atoms with E-state index in [0.717, 1.165) is 44.9 Å². The maximum Gasteiger partial charge on any atom is 0.394 e. The number of hydrogen-bond acceptors (Lipinski definition) is 5. The molecular weight excluding hydrogens is 661 g/mol. The molecule has 0 aromatic rings. The quantitative estimate of drug-likeness (QED) is 0.0368. The molecular formula is C40H77F2O7P. The summed E-state index contributed by atoms with van der Waals surface area (Å²) in [5.41, 5.74) is -4.40. The summed E-state index contributed by atoms with van der Waals surface area (Å²) >= 11 is 0. The average Bonchev–Trinajstić information content (AvgIpc) is 3.06.